The molecule has 1 aliphatic heterocycles. The molecule has 0 aliphatic carbocycles. The largest absolute Gasteiger partial charge is 0.507 e. The molecule has 1 heterocycles. The smallest absolute Gasteiger partial charge is 0.300 e. The normalized spacial score (nSPS) is 17.4. The van der Waals surface area contributed by atoms with Gasteiger partial charge in [0.25, 0.3) is 11.7 Å². The van der Waals surface area contributed by atoms with Gasteiger partial charge in [0.05, 0.1) is 31.4 Å². The minimum absolute atomic E-state index is 0.00830. The van der Waals surface area contributed by atoms with Crippen molar-refractivity contribution in [2.75, 3.05) is 19.1 Å². The van der Waals surface area contributed by atoms with Crippen LogP contribution in [0.25, 0.3) is 5.76 Å². The van der Waals surface area contributed by atoms with Gasteiger partial charge in [-0.15, -0.1) is 0 Å². The summed E-state index contributed by atoms with van der Waals surface area (Å²) >= 11 is 0. The maximum atomic E-state index is 13.4. The van der Waals surface area contributed by atoms with Gasteiger partial charge in [0.1, 0.15) is 17.3 Å². The molecule has 0 aromatic heterocycles. The maximum Gasteiger partial charge on any atom is 0.300 e. The minimum Gasteiger partial charge on any atom is -0.507 e. The van der Waals surface area contributed by atoms with Gasteiger partial charge in [-0.1, -0.05) is 56.7 Å². The van der Waals surface area contributed by atoms with E-state index >= 15 is 0 Å². The van der Waals surface area contributed by atoms with Crippen molar-refractivity contribution >= 4 is 23.1 Å². The highest BCUT2D eigenvalue weighted by molar-refractivity contribution is 6.51. The molecule has 1 unspecified atom stereocenters. The highest BCUT2D eigenvalue weighted by atomic mass is 16.5. The summed E-state index contributed by atoms with van der Waals surface area (Å²) < 4.78 is 10.7. The van der Waals surface area contributed by atoms with Crippen LogP contribution in [0.1, 0.15) is 49.1 Å². The van der Waals surface area contributed by atoms with Crippen LogP contribution >= 0.6 is 0 Å². The lowest BCUT2D eigenvalue weighted by Gasteiger charge is -2.27. The number of aliphatic hydroxyl groups is 1. The third-order valence-electron chi connectivity index (χ3n) is 6.50. The number of carbonyl (C=O) groups is 2. The molecule has 1 amide bonds. The molecule has 1 N–H and O–H groups in total. The van der Waals surface area contributed by atoms with Crippen molar-refractivity contribution in [2.45, 2.75) is 39.2 Å². The Balaban J connectivity index is 1.94. The third kappa shape index (κ3) is 4.47. The Hall–Kier alpha value is -4.06. The number of carbonyl (C=O) groups excluding carboxylic acids is 2. The van der Waals surface area contributed by atoms with Crippen molar-refractivity contribution in [2.24, 2.45) is 0 Å². The molecular formula is C30H31NO5. The first kappa shape index (κ1) is 25.0. The number of ether oxygens (including phenoxy) is 2. The van der Waals surface area contributed by atoms with E-state index in [4.69, 9.17) is 9.47 Å². The number of amides is 1. The van der Waals surface area contributed by atoms with E-state index in [0.717, 1.165) is 11.1 Å². The standard InChI is InChI=1S/C30H31NO5/c1-18-7-16-24(36-6)23(17-18)27(32)25-26(19-8-14-22(35-5)15-9-19)31(29(34)28(25)33)21-12-10-20(11-13-21)30(2,3)4/h7-17,26,32H,1-6H3/b27-25+. The molecular weight excluding hydrogens is 454 g/mol. The average Bonchev–Trinajstić information content (AvgIpc) is 3.13. The Bertz CT molecular complexity index is 1330. The second kappa shape index (κ2) is 9.53. The summed E-state index contributed by atoms with van der Waals surface area (Å²) in [7, 11) is 3.07. The Morgan fingerprint density at radius 3 is 2.08 bits per heavy atom. The second-order valence-corrected chi connectivity index (χ2v) is 9.94. The van der Waals surface area contributed by atoms with Gasteiger partial charge < -0.3 is 14.6 Å². The summed E-state index contributed by atoms with van der Waals surface area (Å²) in [6.07, 6.45) is 0. The van der Waals surface area contributed by atoms with Crippen molar-refractivity contribution in [3.05, 3.63) is 94.6 Å². The van der Waals surface area contributed by atoms with Crippen LogP contribution in [0.15, 0.2) is 72.3 Å². The van der Waals surface area contributed by atoms with E-state index in [1.807, 2.05) is 37.3 Å². The van der Waals surface area contributed by atoms with Crippen LogP contribution in [-0.4, -0.2) is 31.0 Å². The highest BCUT2D eigenvalue weighted by Gasteiger charge is 2.47. The number of nitrogens with zero attached hydrogens (tertiary/aromatic N) is 1. The zero-order valence-electron chi connectivity index (χ0n) is 21.5. The van der Waals surface area contributed by atoms with E-state index in [0.29, 0.717) is 28.3 Å². The van der Waals surface area contributed by atoms with Crippen molar-refractivity contribution < 1.29 is 24.2 Å². The van der Waals surface area contributed by atoms with Gasteiger partial charge in [-0.2, -0.15) is 0 Å². The molecule has 1 saturated heterocycles. The predicted octanol–water partition coefficient (Wildman–Crippen LogP) is 5.94. The number of Topliss-reactive ketones (excluding diaryl/α,β-unsaturated/α-hetero) is 1. The van der Waals surface area contributed by atoms with E-state index < -0.39 is 17.7 Å². The van der Waals surface area contributed by atoms with Crippen LogP contribution in [0.2, 0.25) is 0 Å². The lowest BCUT2D eigenvalue weighted by molar-refractivity contribution is -0.132. The molecule has 4 rings (SSSR count). The molecule has 0 bridgehead atoms. The summed E-state index contributed by atoms with van der Waals surface area (Å²) in [5.41, 5.74) is 3.53. The maximum absolute atomic E-state index is 13.4. The number of hydrogen-bond acceptors (Lipinski definition) is 5. The Kier molecular flexibility index (Phi) is 6.63. The fourth-order valence-corrected chi connectivity index (χ4v) is 4.47. The summed E-state index contributed by atoms with van der Waals surface area (Å²) in [6.45, 7) is 8.22. The molecule has 0 saturated carbocycles. The number of aliphatic hydroxyl groups excluding tert-OH is 1. The molecule has 0 spiro atoms. The van der Waals surface area contributed by atoms with E-state index in [2.05, 4.69) is 20.8 Å². The molecule has 1 atom stereocenters. The van der Waals surface area contributed by atoms with Gasteiger partial charge in [-0.25, -0.2) is 0 Å². The topological polar surface area (TPSA) is 76.1 Å². The van der Waals surface area contributed by atoms with E-state index in [1.165, 1.54) is 12.0 Å². The number of ketones is 1. The Labute approximate surface area is 211 Å². The number of anilines is 1. The van der Waals surface area contributed by atoms with Gasteiger partial charge in [-0.3, -0.25) is 14.5 Å². The van der Waals surface area contributed by atoms with Crippen molar-refractivity contribution in [1.29, 1.82) is 0 Å². The first-order valence-corrected chi connectivity index (χ1v) is 11.8. The number of rotatable bonds is 5. The lowest BCUT2D eigenvalue weighted by Crippen LogP contribution is -2.29. The number of aryl methyl sites for hydroxylation is 1. The number of benzene rings is 3. The fourth-order valence-electron chi connectivity index (χ4n) is 4.47. The Morgan fingerprint density at radius 2 is 1.53 bits per heavy atom. The quantitative estimate of drug-likeness (QED) is 0.275. The van der Waals surface area contributed by atoms with Crippen LogP contribution in [0.5, 0.6) is 11.5 Å². The van der Waals surface area contributed by atoms with E-state index in [9.17, 15) is 14.7 Å². The fraction of sp³-hybridized carbons (Fsp3) is 0.267. The predicted molar refractivity (Wildman–Crippen MR) is 141 cm³/mol. The van der Waals surface area contributed by atoms with Crippen LogP contribution in [-0.2, 0) is 15.0 Å². The van der Waals surface area contributed by atoms with E-state index in [1.54, 1.807) is 43.5 Å². The van der Waals surface area contributed by atoms with Gasteiger partial charge in [0.15, 0.2) is 0 Å². The van der Waals surface area contributed by atoms with Crippen LogP contribution in [0.3, 0.4) is 0 Å². The first-order chi connectivity index (χ1) is 17.1. The van der Waals surface area contributed by atoms with Crippen molar-refractivity contribution in [3.8, 4) is 11.5 Å². The highest BCUT2D eigenvalue weighted by Crippen LogP contribution is 2.44. The van der Waals surface area contributed by atoms with Crippen LogP contribution in [0, 0.1) is 6.92 Å². The molecule has 36 heavy (non-hydrogen) atoms. The molecule has 1 aliphatic rings. The summed E-state index contributed by atoms with van der Waals surface area (Å²) in [5, 5.41) is 11.5. The summed E-state index contributed by atoms with van der Waals surface area (Å²) in [5.74, 6) is -0.675. The van der Waals surface area contributed by atoms with Crippen molar-refractivity contribution in [3.63, 3.8) is 0 Å². The molecule has 186 valence electrons. The third-order valence-corrected chi connectivity index (χ3v) is 6.50. The summed E-state index contributed by atoms with van der Waals surface area (Å²) in [6, 6.07) is 19.2. The van der Waals surface area contributed by atoms with Gasteiger partial charge in [0, 0.05) is 5.69 Å². The lowest BCUT2D eigenvalue weighted by atomic mass is 9.87. The molecule has 3 aromatic rings. The minimum atomic E-state index is -0.832. The number of methoxy groups -OCH3 is 2. The van der Waals surface area contributed by atoms with Crippen LogP contribution in [0.4, 0.5) is 5.69 Å². The molecule has 6 heteroatoms. The first-order valence-electron chi connectivity index (χ1n) is 11.8. The zero-order chi connectivity index (χ0) is 26.2. The van der Waals surface area contributed by atoms with Crippen LogP contribution < -0.4 is 14.4 Å². The SMILES string of the molecule is COc1ccc(C2/C(=C(\O)c3cc(C)ccc3OC)C(=O)C(=O)N2c2ccc(C(C)(C)C)cc2)cc1. The summed E-state index contributed by atoms with van der Waals surface area (Å²) in [4.78, 5) is 28.3. The second-order valence-electron chi connectivity index (χ2n) is 9.94. The van der Waals surface area contributed by atoms with Crippen molar-refractivity contribution in [1.82, 2.24) is 0 Å². The average molecular weight is 486 g/mol. The molecule has 0 radical (unpaired) electrons. The number of hydrogen-bond donors (Lipinski definition) is 1. The van der Waals surface area contributed by atoms with Gasteiger partial charge in [-0.05, 0) is 59.9 Å². The van der Waals surface area contributed by atoms with Gasteiger partial charge >= 0.3 is 0 Å². The van der Waals surface area contributed by atoms with E-state index in [-0.39, 0.29) is 16.7 Å². The zero-order valence-corrected chi connectivity index (χ0v) is 21.5. The monoisotopic (exact) mass is 485 g/mol. The van der Waals surface area contributed by atoms with Gasteiger partial charge in [0.2, 0.25) is 0 Å². The molecule has 3 aromatic carbocycles. The molecule has 6 nitrogen and oxygen atoms in total. The Morgan fingerprint density at radius 1 is 0.889 bits per heavy atom. The molecule has 1 fully saturated rings.